The van der Waals surface area contributed by atoms with Gasteiger partial charge in [-0.3, -0.25) is 0 Å². The minimum absolute atomic E-state index is 0.0385. The summed E-state index contributed by atoms with van der Waals surface area (Å²) in [7, 11) is 2.04. The molecule has 0 aromatic heterocycles. The van der Waals surface area contributed by atoms with Crippen LogP contribution >= 0.6 is 0 Å². The van der Waals surface area contributed by atoms with Crippen molar-refractivity contribution in [1.29, 1.82) is 0 Å². The second-order valence-electron chi connectivity index (χ2n) is 4.14. The zero-order valence-corrected chi connectivity index (χ0v) is 9.83. The van der Waals surface area contributed by atoms with Gasteiger partial charge in [-0.1, -0.05) is 6.07 Å². The Morgan fingerprint density at radius 1 is 1.27 bits per heavy atom. The van der Waals surface area contributed by atoms with Crippen molar-refractivity contribution in [2.24, 2.45) is 11.5 Å². The van der Waals surface area contributed by atoms with Gasteiger partial charge in [0.15, 0.2) is 0 Å². The van der Waals surface area contributed by atoms with Gasteiger partial charge in [0, 0.05) is 31.9 Å². The van der Waals surface area contributed by atoms with Crippen molar-refractivity contribution >= 4 is 5.69 Å². The molecule has 0 bridgehead atoms. The van der Waals surface area contributed by atoms with Gasteiger partial charge in [-0.15, -0.1) is 0 Å². The molecule has 1 atom stereocenters. The van der Waals surface area contributed by atoms with E-state index in [4.69, 9.17) is 11.5 Å². The standard InChI is InChI=1S/C12H21N3/c1-9-4-5-12(6-10(9)2)15(3)8-11(14)7-13/h4-6,11H,7-8,13-14H2,1-3H3. The first-order valence-corrected chi connectivity index (χ1v) is 5.28. The van der Waals surface area contributed by atoms with Crippen LogP contribution in [0.4, 0.5) is 5.69 Å². The Morgan fingerprint density at radius 2 is 1.93 bits per heavy atom. The average molecular weight is 207 g/mol. The number of likely N-dealkylation sites (N-methyl/N-ethyl adjacent to an activating group) is 1. The fourth-order valence-corrected chi connectivity index (χ4v) is 1.49. The Morgan fingerprint density at radius 3 is 2.47 bits per heavy atom. The Bertz CT molecular complexity index is 323. The van der Waals surface area contributed by atoms with Crippen molar-refractivity contribution in [1.82, 2.24) is 0 Å². The molecule has 0 saturated heterocycles. The van der Waals surface area contributed by atoms with Gasteiger partial charge < -0.3 is 16.4 Å². The molecule has 1 rings (SSSR count). The van der Waals surface area contributed by atoms with Crippen molar-refractivity contribution in [3.05, 3.63) is 29.3 Å². The number of benzene rings is 1. The Hall–Kier alpha value is -1.06. The summed E-state index contributed by atoms with van der Waals surface area (Å²) in [5, 5.41) is 0. The molecule has 0 aliphatic rings. The normalized spacial score (nSPS) is 12.6. The molecule has 0 heterocycles. The van der Waals surface area contributed by atoms with Crippen molar-refractivity contribution in [2.45, 2.75) is 19.9 Å². The van der Waals surface area contributed by atoms with E-state index in [1.54, 1.807) is 0 Å². The predicted octanol–water partition coefficient (Wildman–Crippen LogP) is 1.03. The number of hydrogen-bond acceptors (Lipinski definition) is 3. The highest BCUT2D eigenvalue weighted by atomic mass is 15.1. The molecule has 0 aliphatic carbocycles. The summed E-state index contributed by atoms with van der Waals surface area (Å²) in [4.78, 5) is 2.14. The van der Waals surface area contributed by atoms with Gasteiger partial charge >= 0.3 is 0 Å². The molecule has 0 spiro atoms. The summed E-state index contributed by atoms with van der Waals surface area (Å²) in [6, 6.07) is 6.47. The summed E-state index contributed by atoms with van der Waals surface area (Å²) in [5.74, 6) is 0. The molecule has 15 heavy (non-hydrogen) atoms. The maximum absolute atomic E-state index is 5.81. The highest BCUT2D eigenvalue weighted by Gasteiger charge is 2.06. The smallest absolute Gasteiger partial charge is 0.0366 e. The number of anilines is 1. The molecule has 0 radical (unpaired) electrons. The first-order valence-electron chi connectivity index (χ1n) is 5.28. The maximum Gasteiger partial charge on any atom is 0.0366 e. The van der Waals surface area contributed by atoms with Gasteiger partial charge in [0.05, 0.1) is 0 Å². The van der Waals surface area contributed by atoms with E-state index in [9.17, 15) is 0 Å². The summed E-state index contributed by atoms with van der Waals surface area (Å²) >= 11 is 0. The lowest BCUT2D eigenvalue weighted by molar-refractivity contribution is 0.668. The van der Waals surface area contributed by atoms with Crippen LogP contribution in [-0.2, 0) is 0 Å². The first kappa shape index (κ1) is 12.0. The zero-order chi connectivity index (χ0) is 11.4. The molecule has 0 saturated carbocycles. The quantitative estimate of drug-likeness (QED) is 0.775. The van der Waals surface area contributed by atoms with Gasteiger partial charge in [-0.2, -0.15) is 0 Å². The number of nitrogens with two attached hydrogens (primary N) is 2. The van der Waals surface area contributed by atoms with E-state index in [1.807, 2.05) is 7.05 Å². The molecule has 3 nitrogen and oxygen atoms in total. The van der Waals surface area contributed by atoms with E-state index in [0.29, 0.717) is 6.54 Å². The van der Waals surface area contributed by atoms with Gasteiger partial charge in [0.1, 0.15) is 0 Å². The summed E-state index contributed by atoms with van der Waals surface area (Å²) in [6.07, 6.45) is 0. The molecule has 1 unspecified atom stereocenters. The van der Waals surface area contributed by atoms with Crippen LogP contribution in [0.5, 0.6) is 0 Å². The van der Waals surface area contributed by atoms with Crippen LogP contribution < -0.4 is 16.4 Å². The van der Waals surface area contributed by atoms with Gasteiger partial charge in [-0.05, 0) is 37.1 Å². The molecule has 0 fully saturated rings. The third kappa shape index (κ3) is 3.22. The van der Waals surface area contributed by atoms with E-state index in [1.165, 1.54) is 16.8 Å². The fraction of sp³-hybridized carbons (Fsp3) is 0.500. The molecule has 1 aromatic carbocycles. The molecule has 0 aliphatic heterocycles. The average Bonchev–Trinajstić information content (AvgIpc) is 2.21. The van der Waals surface area contributed by atoms with Gasteiger partial charge in [0.25, 0.3) is 0 Å². The second kappa shape index (κ2) is 5.14. The lowest BCUT2D eigenvalue weighted by atomic mass is 10.1. The molecule has 0 amide bonds. The van der Waals surface area contributed by atoms with Crippen LogP contribution in [0.25, 0.3) is 0 Å². The SMILES string of the molecule is Cc1ccc(N(C)CC(N)CN)cc1C. The lowest BCUT2D eigenvalue weighted by Crippen LogP contribution is -2.40. The monoisotopic (exact) mass is 207 g/mol. The van der Waals surface area contributed by atoms with Crippen LogP contribution in [-0.4, -0.2) is 26.2 Å². The number of rotatable bonds is 4. The fourth-order valence-electron chi connectivity index (χ4n) is 1.49. The molecule has 4 N–H and O–H groups in total. The van der Waals surface area contributed by atoms with Crippen LogP contribution in [0.1, 0.15) is 11.1 Å². The van der Waals surface area contributed by atoms with Crippen LogP contribution in [0.2, 0.25) is 0 Å². The highest BCUT2D eigenvalue weighted by Crippen LogP contribution is 2.17. The van der Waals surface area contributed by atoms with Gasteiger partial charge in [-0.25, -0.2) is 0 Å². The van der Waals surface area contributed by atoms with Gasteiger partial charge in [0.2, 0.25) is 0 Å². The second-order valence-corrected chi connectivity index (χ2v) is 4.14. The topological polar surface area (TPSA) is 55.3 Å². The molecule has 84 valence electrons. The summed E-state index contributed by atoms with van der Waals surface area (Å²) in [6.45, 7) is 5.55. The molecular formula is C12H21N3. The number of aryl methyl sites for hydroxylation is 2. The van der Waals surface area contributed by atoms with E-state index in [-0.39, 0.29) is 6.04 Å². The summed E-state index contributed by atoms with van der Waals surface area (Å²) in [5.41, 5.74) is 15.1. The molecule has 1 aromatic rings. The minimum atomic E-state index is 0.0385. The van der Waals surface area contributed by atoms with E-state index >= 15 is 0 Å². The van der Waals surface area contributed by atoms with Crippen LogP contribution in [0.15, 0.2) is 18.2 Å². The van der Waals surface area contributed by atoms with Crippen molar-refractivity contribution in [2.75, 3.05) is 25.0 Å². The van der Waals surface area contributed by atoms with Crippen LogP contribution in [0, 0.1) is 13.8 Å². The van der Waals surface area contributed by atoms with Crippen molar-refractivity contribution in [3.8, 4) is 0 Å². The minimum Gasteiger partial charge on any atom is -0.373 e. The van der Waals surface area contributed by atoms with Crippen molar-refractivity contribution < 1.29 is 0 Å². The Labute approximate surface area is 92.1 Å². The number of nitrogens with zero attached hydrogens (tertiary/aromatic N) is 1. The van der Waals surface area contributed by atoms with Crippen LogP contribution in [0.3, 0.4) is 0 Å². The van der Waals surface area contributed by atoms with E-state index in [2.05, 4.69) is 36.9 Å². The highest BCUT2D eigenvalue weighted by molar-refractivity contribution is 5.50. The first-order chi connectivity index (χ1) is 7.04. The lowest BCUT2D eigenvalue weighted by Gasteiger charge is -2.23. The molecule has 3 heteroatoms. The molecular weight excluding hydrogens is 186 g/mol. The van der Waals surface area contributed by atoms with E-state index < -0.39 is 0 Å². The third-order valence-corrected chi connectivity index (χ3v) is 2.74. The Kier molecular flexibility index (Phi) is 4.12. The number of hydrogen-bond donors (Lipinski definition) is 2. The predicted molar refractivity (Wildman–Crippen MR) is 66.2 cm³/mol. The zero-order valence-electron chi connectivity index (χ0n) is 9.83. The maximum atomic E-state index is 5.81. The van der Waals surface area contributed by atoms with E-state index in [0.717, 1.165) is 6.54 Å². The third-order valence-electron chi connectivity index (χ3n) is 2.74. The summed E-state index contributed by atoms with van der Waals surface area (Å²) < 4.78 is 0. The Balaban J connectivity index is 2.73. The largest absolute Gasteiger partial charge is 0.373 e. The van der Waals surface area contributed by atoms with Crippen molar-refractivity contribution in [3.63, 3.8) is 0 Å².